The number of ether oxygens (including phenoxy) is 1. The van der Waals surface area contributed by atoms with Gasteiger partial charge in [-0.15, -0.1) is 35.3 Å². The van der Waals surface area contributed by atoms with Crippen molar-refractivity contribution in [2.75, 3.05) is 53.5 Å². The van der Waals surface area contributed by atoms with Crippen molar-refractivity contribution in [3.05, 3.63) is 21.3 Å². The first kappa shape index (κ1) is 24.9. The van der Waals surface area contributed by atoms with E-state index in [0.717, 1.165) is 44.1 Å². The van der Waals surface area contributed by atoms with Crippen LogP contribution in [0.2, 0.25) is 4.34 Å². The number of nitrogens with one attached hydrogen (secondary N) is 2. The molecular weight excluding hydrogens is 475 g/mol. The first-order chi connectivity index (χ1) is 11.6. The Balaban J connectivity index is 0.00000576. The van der Waals surface area contributed by atoms with Crippen molar-refractivity contribution < 1.29 is 9.84 Å². The molecule has 0 aliphatic carbocycles. The van der Waals surface area contributed by atoms with Crippen LogP contribution in [0.5, 0.6) is 0 Å². The van der Waals surface area contributed by atoms with Crippen LogP contribution in [0.3, 0.4) is 0 Å². The molecular formula is C16H30ClIN4O2S. The maximum absolute atomic E-state index is 10.2. The normalized spacial score (nSPS) is 12.8. The lowest BCUT2D eigenvalue weighted by molar-refractivity contribution is 0.180. The van der Waals surface area contributed by atoms with Gasteiger partial charge in [0.05, 0.1) is 10.9 Å². The van der Waals surface area contributed by atoms with E-state index in [1.807, 2.05) is 13.0 Å². The van der Waals surface area contributed by atoms with E-state index in [9.17, 15) is 5.11 Å². The zero-order valence-corrected chi connectivity index (χ0v) is 19.0. The van der Waals surface area contributed by atoms with Crippen LogP contribution >= 0.6 is 46.9 Å². The summed E-state index contributed by atoms with van der Waals surface area (Å²) in [5.41, 5.74) is 0. The van der Waals surface area contributed by atoms with E-state index in [2.05, 4.69) is 27.6 Å². The standard InChI is InChI=1S/C16H29ClN4O2S.HI/c1-4-18-16(19-8-10-21(2)9-5-11-23-3)20-12-13(22)14-6-7-15(17)24-14;/h6-7,13,22H,4-5,8-12H2,1-3H3,(H2,18,19,20);1H. The summed E-state index contributed by atoms with van der Waals surface area (Å²) in [6.07, 6.45) is 0.395. The Bertz CT molecular complexity index is 490. The summed E-state index contributed by atoms with van der Waals surface area (Å²) in [5.74, 6) is 0.712. The Morgan fingerprint density at radius 3 is 2.76 bits per heavy atom. The Morgan fingerprint density at radius 2 is 2.16 bits per heavy atom. The molecule has 0 aliphatic rings. The number of nitrogens with zero attached hydrogens (tertiary/aromatic N) is 2. The number of hydrogen-bond donors (Lipinski definition) is 3. The number of likely N-dealkylation sites (N-methyl/N-ethyl adjacent to an activating group) is 1. The highest BCUT2D eigenvalue weighted by atomic mass is 127. The zero-order valence-electron chi connectivity index (χ0n) is 15.1. The molecule has 0 fully saturated rings. The summed E-state index contributed by atoms with van der Waals surface area (Å²) in [7, 11) is 3.81. The van der Waals surface area contributed by atoms with Crippen LogP contribution in [0.25, 0.3) is 0 Å². The average molecular weight is 505 g/mol. The topological polar surface area (TPSA) is 69.1 Å². The van der Waals surface area contributed by atoms with Crippen molar-refractivity contribution in [1.29, 1.82) is 0 Å². The molecule has 6 nitrogen and oxygen atoms in total. The van der Waals surface area contributed by atoms with Crippen LogP contribution in [-0.4, -0.2) is 69.5 Å². The third kappa shape index (κ3) is 11.2. The Kier molecular flexibility index (Phi) is 14.9. The molecule has 0 saturated heterocycles. The Hall–Kier alpha value is -0.130. The molecule has 0 spiro atoms. The highest BCUT2D eigenvalue weighted by Crippen LogP contribution is 2.26. The second kappa shape index (κ2) is 15.0. The molecule has 146 valence electrons. The fourth-order valence-corrected chi connectivity index (χ4v) is 3.11. The Morgan fingerprint density at radius 1 is 1.40 bits per heavy atom. The number of aliphatic hydroxyl groups is 1. The van der Waals surface area contributed by atoms with Gasteiger partial charge in [0.2, 0.25) is 0 Å². The zero-order chi connectivity index (χ0) is 17.8. The van der Waals surface area contributed by atoms with Gasteiger partial charge in [0.25, 0.3) is 0 Å². The van der Waals surface area contributed by atoms with Gasteiger partial charge in [-0.3, -0.25) is 4.99 Å². The second-order valence-electron chi connectivity index (χ2n) is 5.45. The van der Waals surface area contributed by atoms with Crippen LogP contribution in [0, 0.1) is 0 Å². The van der Waals surface area contributed by atoms with Gasteiger partial charge < -0.3 is 25.4 Å². The van der Waals surface area contributed by atoms with Crippen molar-refractivity contribution in [3.63, 3.8) is 0 Å². The van der Waals surface area contributed by atoms with Gasteiger partial charge in [0, 0.05) is 44.8 Å². The molecule has 0 bridgehead atoms. The summed E-state index contributed by atoms with van der Waals surface area (Å²) in [6, 6.07) is 3.62. The van der Waals surface area contributed by atoms with Gasteiger partial charge in [0.1, 0.15) is 6.10 Å². The molecule has 0 saturated carbocycles. The summed E-state index contributed by atoms with van der Waals surface area (Å²) >= 11 is 7.28. The van der Waals surface area contributed by atoms with Gasteiger partial charge in [-0.1, -0.05) is 11.6 Å². The highest BCUT2D eigenvalue weighted by Gasteiger charge is 2.10. The smallest absolute Gasteiger partial charge is 0.191 e. The van der Waals surface area contributed by atoms with Gasteiger partial charge in [-0.25, -0.2) is 0 Å². The number of aliphatic imine (C=N–C) groups is 1. The number of methoxy groups -OCH3 is 1. The van der Waals surface area contributed by atoms with Crippen molar-refractivity contribution in [1.82, 2.24) is 15.5 Å². The number of aliphatic hydroxyl groups excluding tert-OH is 1. The summed E-state index contributed by atoms with van der Waals surface area (Å²) in [6.45, 7) is 6.58. The molecule has 1 heterocycles. The van der Waals surface area contributed by atoms with E-state index in [1.165, 1.54) is 11.3 Å². The minimum Gasteiger partial charge on any atom is -0.386 e. The molecule has 1 aromatic rings. The van der Waals surface area contributed by atoms with Crippen LogP contribution in [0.15, 0.2) is 17.1 Å². The second-order valence-corrected chi connectivity index (χ2v) is 7.20. The molecule has 3 N–H and O–H groups in total. The molecule has 0 radical (unpaired) electrons. The van der Waals surface area contributed by atoms with E-state index in [0.29, 0.717) is 16.8 Å². The van der Waals surface area contributed by atoms with Crippen LogP contribution in [0.4, 0.5) is 0 Å². The number of halogens is 2. The van der Waals surface area contributed by atoms with Crippen molar-refractivity contribution in [3.8, 4) is 0 Å². The number of guanidine groups is 1. The predicted molar refractivity (Wildman–Crippen MR) is 118 cm³/mol. The third-order valence-electron chi connectivity index (χ3n) is 3.36. The maximum atomic E-state index is 10.2. The maximum Gasteiger partial charge on any atom is 0.191 e. The van der Waals surface area contributed by atoms with Gasteiger partial charge in [-0.2, -0.15) is 0 Å². The van der Waals surface area contributed by atoms with Crippen molar-refractivity contribution >= 4 is 52.9 Å². The van der Waals surface area contributed by atoms with E-state index >= 15 is 0 Å². The average Bonchev–Trinajstić information content (AvgIpc) is 2.99. The molecule has 1 rings (SSSR count). The number of hydrogen-bond acceptors (Lipinski definition) is 5. The summed E-state index contributed by atoms with van der Waals surface area (Å²) < 4.78 is 5.73. The van der Waals surface area contributed by atoms with Crippen molar-refractivity contribution in [2.45, 2.75) is 19.4 Å². The molecule has 25 heavy (non-hydrogen) atoms. The van der Waals surface area contributed by atoms with Crippen LogP contribution < -0.4 is 10.6 Å². The first-order valence-electron chi connectivity index (χ1n) is 8.19. The first-order valence-corrected chi connectivity index (χ1v) is 9.39. The summed E-state index contributed by atoms with van der Waals surface area (Å²) in [5, 5.41) is 16.6. The molecule has 0 aromatic carbocycles. The fraction of sp³-hybridized carbons (Fsp3) is 0.688. The van der Waals surface area contributed by atoms with E-state index < -0.39 is 6.10 Å². The number of rotatable bonds is 11. The molecule has 1 unspecified atom stereocenters. The molecule has 9 heteroatoms. The van der Waals surface area contributed by atoms with Crippen LogP contribution in [-0.2, 0) is 4.74 Å². The van der Waals surface area contributed by atoms with Gasteiger partial charge in [-0.05, 0) is 32.5 Å². The monoisotopic (exact) mass is 504 g/mol. The minimum absolute atomic E-state index is 0. The van der Waals surface area contributed by atoms with Gasteiger partial charge >= 0.3 is 0 Å². The lowest BCUT2D eigenvalue weighted by atomic mass is 10.3. The quantitative estimate of drug-likeness (QED) is 0.187. The number of thiophene rings is 1. The van der Waals surface area contributed by atoms with Crippen LogP contribution in [0.1, 0.15) is 24.3 Å². The van der Waals surface area contributed by atoms with E-state index in [-0.39, 0.29) is 24.0 Å². The van der Waals surface area contributed by atoms with Gasteiger partial charge in [0.15, 0.2) is 5.96 Å². The molecule has 1 atom stereocenters. The van der Waals surface area contributed by atoms with E-state index in [4.69, 9.17) is 16.3 Å². The molecule has 0 aliphatic heterocycles. The largest absolute Gasteiger partial charge is 0.386 e. The fourth-order valence-electron chi connectivity index (χ4n) is 2.07. The highest BCUT2D eigenvalue weighted by molar-refractivity contribution is 14.0. The molecule has 0 amide bonds. The SMILES string of the molecule is CCNC(=NCC(O)c1ccc(Cl)s1)NCCN(C)CCCOC.I. The predicted octanol–water partition coefficient (Wildman–Crippen LogP) is 2.58. The lowest BCUT2D eigenvalue weighted by Crippen LogP contribution is -2.41. The van der Waals surface area contributed by atoms with E-state index in [1.54, 1.807) is 13.2 Å². The third-order valence-corrected chi connectivity index (χ3v) is 4.70. The van der Waals surface area contributed by atoms with Crippen molar-refractivity contribution in [2.24, 2.45) is 4.99 Å². The molecule has 1 aromatic heterocycles. The minimum atomic E-state index is -0.630. The summed E-state index contributed by atoms with van der Waals surface area (Å²) in [4.78, 5) is 7.52. The Labute approximate surface area is 177 Å². The lowest BCUT2D eigenvalue weighted by Gasteiger charge is -2.18.